The van der Waals surface area contributed by atoms with Crippen LogP contribution in [0.2, 0.25) is 0 Å². The second-order valence-corrected chi connectivity index (χ2v) is 6.10. The number of amides is 1. The summed E-state index contributed by atoms with van der Waals surface area (Å²) in [5.74, 6) is 0.320. The maximum absolute atomic E-state index is 12.6. The van der Waals surface area contributed by atoms with Gasteiger partial charge in [0, 0.05) is 6.04 Å². The quantitative estimate of drug-likeness (QED) is 0.914. The van der Waals surface area contributed by atoms with E-state index < -0.39 is 0 Å². The van der Waals surface area contributed by atoms with E-state index in [1.807, 2.05) is 6.07 Å². The smallest absolute Gasteiger partial charge is 0.241 e. The van der Waals surface area contributed by atoms with E-state index in [1.54, 1.807) is 0 Å². The van der Waals surface area contributed by atoms with Gasteiger partial charge >= 0.3 is 0 Å². The largest absolute Gasteiger partial charge is 0.323 e. The molecule has 0 bridgehead atoms. The van der Waals surface area contributed by atoms with E-state index in [-0.39, 0.29) is 12.2 Å². The molecule has 2 unspecified atom stereocenters. The van der Waals surface area contributed by atoms with Gasteiger partial charge in [-0.3, -0.25) is 10.1 Å². The lowest BCUT2D eigenvalue weighted by Crippen LogP contribution is -2.41. The molecule has 1 aliphatic heterocycles. The number of hydrogen-bond donors (Lipinski definition) is 1. The fourth-order valence-electron chi connectivity index (χ4n) is 3.65. The highest BCUT2D eigenvalue weighted by Crippen LogP contribution is 2.28. The zero-order valence-corrected chi connectivity index (χ0v) is 12.2. The van der Waals surface area contributed by atoms with E-state index in [9.17, 15) is 4.79 Å². The van der Waals surface area contributed by atoms with Gasteiger partial charge in [0.05, 0.1) is 12.2 Å². The molecule has 1 heterocycles. The topological polar surface area (TPSA) is 32.3 Å². The summed E-state index contributed by atoms with van der Waals surface area (Å²) in [5, 5.41) is 3.48. The summed E-state index contributed by atoms with van der Waals surface area (Å²) >= 11 is 0. The average molecular weight is 272 g/mol. The molecule has 1 saturated heterocycles. The SMILES string of the molecule is CC1NC(CCc2ccccc2)C(=O)N1C1CCCC1. The molecule has 0 spiro atoms. The highest BCUT2D eigenvalue weighted by Gasteiger charge is 2.40. The molecule has 108 valence electrons. The summed E-state index contributed by atoms with van der Waals surface area (Å²) < 4.78 is 0. The van der Waals surface area contributed by atoms with Crippen molar-refractivity contribution in [2.45, 2.75) is 63.7 Å². The molecule has 2 fully saturated rings. The Morgan fingerprint density at radius 1 is 1.20 bits per heavy atom. The van der Waals surface area contributed by atoms with Crippen LogP contribution in [0.25, 0.3) is 0 Å². The van der Waals surface area contributed by atoms with Crippen molar-refractivity contribution in [3.05, 3.63) is 35.9 Å². The van der Waals surface area contributed by atoms with Gasteiger partial charge in [-0.25, -0.2) is 0 Å². The third kappa shape index (κ3) is 2.73. The first kappa shape index (κ1) is 13.6. The van der Waals surface area contributed by atoms with Crippen molar-refractivity contribution >= 4 is 5.91 Å². The predicted molar refractivity (Wildman–Crippen MR) is 80.3 cm³/mol. The summed E-state index contributed by atoms with van der Waals surface area (Å²) in [4.78, 5) is 14.7. The number of hydrogen-bond acceptors (Lipinski definition) is 2. The second-order valence-electron chi connectivity index (χ2n) is 6.10. The molecular weight excluding hydrogens is 248 g/mol. The summed E-state index contributed by atoms with van der Waals surface area (Å²) in [6.07, 6.45) is 6.98. The normalized spacial score (nSPS) is 27.4. The van der Waals surface area contributed by atoms with Crippen LogP contribution in [-0.4, -0.2) is 29.1 Å². The van der Waals surface area contributed by atoms with Gasteiger partial charge in [0.2, 0.25) is 5.91 Å². The van der Waals surface area contributed by atoms with Crippen molar-refractivity contribution in [2.75, 3.05) is 0 Å². The maximum atomic E-state index is 12.6. The van der Waals surface area contributed by atoms with Crippen LogP contribution in [0.3, 0.4) is 0 Å². The Kier molecular flexibility index (Phi) is 4.06. The lowest BCUT2D eigenvalue weighted by Gasteiger charge is -2.27. The molecule has 1 aromatic carbocycles. The average Bonchev–Trinajstić information content (AvgIpc) is 3.06. The van der Waals surface area contributed by atoms with Crippen LogP contribution in [0, 0.1) is 0 Å². The predicted octanol–water partition coefficient (Wildman–Crippen LogP) is 2.71. The Labute approximate surface area is 121 Å². The van der Waals surface area contributed by atoms with E-state index in [4.69, 9.17) is 0 Å². The van der Waals surface area contributed by atoms with Crippen molar-refractivity contribution in [3.63, 3.8) is 0 Å². The minimum Gasteiger partial charge on any atom is -0.323 e. The van der Waals surface area contributed by atoms with Crippen LogP contribution in [0.1, 0.15) is 44.6 Å². The molecular formula is C17H24N2O. The van der Waals surface area contributed by atoms with Gasteiger partial charge in [-0.2, -0.15) is 0 Å². The fourth-order valence-corrected chi connectivity index (χ4v) is 3.65. The number of benzene rings is 1. The highest BCUT2D eigenvalue weighted by molar-refractivity contribution is 5.84. The number of rotatable bonds is 4. The van der Waals surface area contributed by atoms with Crippen molar-refractivity contribution in [1.82, 2.24) is 10.2 Å². The number of carbonyl (C=O) groups excluding carboxylic acids is 1. The van der Waals surface area contributed by atoms with E-state index in [0.29, 0.717) is 11.9 Å². The Morgan fingerprint density at radius 3 is 2.60 bits per heavy atom. The molecule has 3 heteroatoms. The number of aryl methyl sites for hydroxylation is 1. The van der Waals surface area contributed by atoms with Gasteiger partial charge in [-0.05, 0) is 38.2 Å². The van der Waals surface area contributed by atoms with Crippen molar-refractivity contribution in [1.29, 1.82) is 0 Å². The monoisotopic (exact) mass is 272 g/mol. The highest BCUT2D eigenvalue weighted by atomic mass is 16.2. The van der Waals surface area contributed by atoms with Crippen molar-refractivity contribution in [3.8, 4) is 0 Å². The molecule has 1 aromatic rings. The molecule has 3 nitrogen and oxygen atoms in total. The summed E-state index contributed by atoms with van der Waals surface area (Å²) in [6.45, 7) is 2.12. The van der Waals surface area contributed by atoms with Crippen LogP contribution in [-0.2, 0) is 11.2 Å². The fraction of sp³-hybridized carbons (Fsp3) is 0.588. The Balaban J connectivity index is 1.59. The van der Waals surface area contributed by atoms with Gasteiger partial charge in [0.1, 0.15) is 0 Å². The van der Waals surface area contributed by atoms with Crippen molar-refractivity contribution in [2.24, 2.45) is 0 Å². The van der Waals surface area contributed by atoms with E-state index in [2.05, 4.69) is 41.4 Å². The third-order valence-electron chi connectivity index (χ3n) is 4.69. The first-order valence-corrected chi connectivity index (χ1v) is 7.88. The zero-order valence-electron chi connectivity index (χ0n) is 12.2. The first-order chi connectivity index (χ1) is 9.75. The van der Waals surface area contributed by atoms with Gasteiger partial charge in [0.15, 0.2) is 0 Å². The van der Waals surface area contributed by atoms with Crippen LogP contribution >= 0.6 is 0 Å². The summed E-state index contributed by atoms with van der Waals surface area (Å²) in [7, 11) is 0. The molecule has 0 aromatic heterocycles. The standard InChI is InChI=1S/C17H24N2O/c1-13-18-16(12-11-14-7-3-2-4-8-14)17(20)19(13)15-9-5-6-10-15/h2-4,7-8,13,15-16,18H,5-6,9-12H2,1H3. The summed E-state index contributed by atoms with van der Waals surface area (Å²) in [6, 6.07) is 10.9. The maximum Gasteiger partial charge on any atom is 0.241 e. The zero-order chi connectivity index (χ0) is 13.9. The number of nitrogens with one attached hydrogen (secondary N) is 1. The van der Waals surface area contributed by atoms with Gasteiger partial charge < -0.3 is 4.90 Å². The molecule has 20 heavy (non-hydrogen) atoms. The molecule has 1 amide bonds. The molecule has 1 aliphatic carbocycles. The molecule has 2 aliphatic rings. The Bertz CT molecular complexity index is 453. The Morgan fingerprint density at radius 2 is 1.90 bits per heavy atom. The summed E-state index contributed by atoms with van der Waals surface area (Å²) in [5.41, 5.74) is 1.31. The van der Waals surface area contributed by atoms with E-state index in [0.717, 1.165) is 12.8 Å². The van der Waals surface area contributed by atoms with Crippen LogP contribution in [0.15, 0.2) is 30.3 Å². The van der Waals surface area contributed by atoms with Gasteiger partial charge in [-0.1, -0.05) is 43.2 Å². The van der Waals surface area contributed by atoms with E-state index >= 15 is 0 Å². The molecule has 0 radical (unpaired) electrons. The van der Waals surface area contributed by atoms with E-state index in [1.165, 1.54) is 31.2 Å². The molecule has 2 atom stereocenters. The number of carbonyl (C=O) groups is 1. The molecule has 1 N–H and O–H groups in total. The van der Waals surface area contributed by atoms with Crippen LogP contribution < -0.4 is 5.32 Å². The molecule has 1 saturated carbocycles. The molecule has 3 rings (SSSR count). The lowest BCUT2D eigenvalue weighted by atomic mass is 10.0. The minimum atomic E-state index is 0.00538. The second kappa shape index (κ2) is 5.96. The minimum absolute atomic E-state index is 0.00538. The third-order valence-corrected chi connectivity index (χ3v) is 4.69. The van der Waals surface area contributed by atoms with Crippen LogP contribution in [0.5, 0.6) is 0 Å². The lowest BCUT2D eigenvalue weighted by molar-refractivity contribution is -0.132. The van der Waals surface area contributed by atoms with Crippen LogP contribution in [0.4, 0.5) is 0 Å². The van der Waals surface area contributed by atoms with Crippen molar-refractivity contribution < 1.29 is 4.79 Å². The van der Waals surface area contributed by atoms with Gasteiger partial charge in [-0.15, -0.1) is 0 Å². The first-order valence-electron chi connectivity index (χ1n) is 7.88. The Hall–Kier alpha value is -1.35. The van der Waals surface area contributed by atoms with Gasteiger partial charge in [0.25, 0.3) is 0 Å². The number of nitrogens with zero attached hydrogens (tertiary/aromatic N) is 1.